The van der Waals surface area contributed by atoms with Gasteiger partial charge in [0.05, 0.1) is 17.4 Å². The Morgan fingerprint density at radius 3 is 2.65 bits per heavy atom. The van der Waals surface area contributed by atoms with Gasteiger partial charge in [-0.25, -0.2) is 0 Å². The smallest absolute Gasteiger partial charge is 0.241 e. The van der Waals surface area contributed by atoms with Crippen LogP contribution in [0.3, 0.4) is 0 Å². The number of hydrogen-bond donors (Lipinski definition) is 0. The molecular formula is C21H20N2O2S. The lowest BCUT2D eigenvalue weighted by Crippen LogP contribution is -2.30. The van der Waals surface area contributed by atoms with Crippen LogP contribution in [0, 0.1) is 0 Å². The minimum absolute atomic E-state index is 0.0888. The molecule has 2 atom stereocenters. The highest BCUT2D eigenvalue weighted by Gasteiger charge is 2.40. The Balaban J connectivity index is 1.77. The molecule has 1 amide bonds. The molecule has 1 saturated heterocycles. The van der Waals surface area contributed by atoms with Crippen LogP contribution >= 0.6 is 11.8 Å². The van der Waals surface area contributed by atoms with E-state index in [1.54, 1.807) is 18.0 Å². The molecule has 2 aromatic carbocycles. The summed E-state index contributed by atoms with van der Waals surface area (Å²) in [6.45, 7) is 4.55. The van der Waals surface area contributed by atoms with Gasteiger partial charge in [0.25, 0.3) is 0 Å². The Morgan fingerprint density at radius 1 is 1.12 bits per heavy atom. The van der Waals surface area contributed by atoms with Crippen molar-refractivity contribution >= 4 is 34.3 Å². The number of anilines is 1. The van der Waals surface area contributed by atoms with Crippen LogP contribution in [0.1, 0.15) is 24.8 Å². The second kappa shape index (κ2) is 7.00. The number of carbonyl (C=O) groups is 1. The highest BCUT2D eigenvalue weighted by atomic mass is 32.2. The number of carbonyl (C=O) groups excluding carboxylic acids is 1. The van der Waals surface area contributed by atoms with Gasteiger partial charge in [-0.15, -0.1) is 11.8 Å². The largest absolute Gasteiger partial charge is 0.494 e. The van der Waals surface area contributed by atoms with Gasteiger partial charge in [0.2, 0.25) is 5.91 Å². The standard InChI is InChI=1S/C21H20N2O2S/c1-3-25-17-11-9-16(10-12-17)23-20(24)14(2)26-21(23)18-8-4-6-15-7-5-13-22-19(15)18/h4-14,21H,3H2,1-2H3. The number of pyridine rings is 1. The van der Waals surface area contributed by atoms with E-state index in [1.165, 1.54) is 0 Å². The first-order chi connectivity index (χ1) is 12.7. The molecule has 1 aromatic heterocycles. The summed E-state index contributed by atoms with van der Waals surface area (Å²) >= 11 is 1.66. The van der Waals surface area contributed by atoms with Gasteiger partial charge in [0.15, 0.2) is 0 Å². The van der Waals surface area contributed by atoms with Crippen molar-refractivity contribution in [1.29, 1.82) is 0 Å². The highest BCUT2D eigenvalue weighted by Crippen LogP contribution is 2.47. The maximum absolute atomic E-state index is 12.9. The molecule has 4 rings (SSSR count). The lowest BCUT2D eigenvalue weighted by atomic mass is 10.1. The summed E-state index contributed by atoms with van der Waals surface area (Å²) in [4.78, 5) is 19.3. The lowest BCUT2D eigenvalue weighted by Gasteiger charge is -2.25. The van der Waals surface area contributed by atoms with E-state index in [0.717, 1.165) is 27.9 Å². The van der Waals surface area contributed by atoms with Crippen LogP contribution in [0.5, 0.6) is 5.75 Å². The minimum Gasteiger partial charge on any atom is -0.494 e. The number of fused-ring (bicyclic) bond motifs is 1. The van der Waals surface area contributed by atoms with E-state index in [9.17, 15) is 4.79 Å². The first kappa shape index (κ1) is 16.9. The van der Waals surface area contributed by atoms with Gasteiger partial charge in [0.1, 0.15) is 11.1 Å². The number of benzene rings is 2. The summed E-state index contributed by atoms with van der Waals surface area (Å²) in [7, 11) is 0. The molecule has 0 saturated carbocycles. The first-order valence-corrected chi connectivity index (χ1v) is 9.68. The second-order valence-electron chi connectivity index (χ2n) is 6.19. The van der Waals surface area contributed by atoms with E-state index in [2.05, 4.69) is 23.2 Å². The summed E-state index contributed by atoms with van der Waals surface area (Å²) in [5.41, 5.74) is 2.90. The highest BCUT2D eigenvalue weighted by molar-refractivity contribution is 8.01. The molecule has 5 heteroatoms. The van der Waals surface area contributed by atoms with Crippen molar-refractivity contribution in [2.75, 3.05) is 11.5 Å². The summed E-state index contributed by atoms with van der Waals surface area (Å²) in [5.74, 6) is 0.934. The number of aromatic nitrogens is 1. The van der Waals surface area contributed by atoms with Crippen LogP contribution < -0.4 is 9.64 Å². The molecule has 1 fully saturated rings. The van der Waals surface area contributed by atoms with Crippen molar-refractivity contribution < 1.29 is 9.53 Å². The van der Waals surface area contributed by atoms with Crippen molar-refractivity contribution in [3.05, 3.63) is 66.4 Å². The average molecular weight is 364 g/mol. The fourth-order valence-electron chi connectivity index (χ4n) is 3.30. The molecule has 1 aliphatic rings. The van der Waals surface area contributed by atoms with Crippen molar-refractivity contribution in [3.8, 4) is 5.75 Å². The number of para-hydroxylation sites is 1. The van der Waals surface area contributed by atoms with Gasteiger partial charge in [0, 0.05) is 22.8 Å². The molecule has 0 radical (unpaired) electrons. The number of thioether (sulfide) groups is 1. The van der Waals surface area contributed by atoms with Gasteiger partial charge in [-0.1, -0.05) is 24.3 Å². The number of ether oxygens (including phenoxy) is 1. The molecule has 4 nitrogen and oxygen atoms in total. The topological polar surface area (TPSA) is 42.4 Å². The molecule has 26 heavy (non-hydrogen) atoms. The summed E-state index contributed by atoms with van der Waals surface area (Å²) in [5, 5.41) is 0.906. The maximum Gasteiger partial charge on any atom is 0.241 e. The van der Waals surface area contributed by atoms with E-state index in [0.29, 0.717) is 6.61 Å². The van der Waals surface area contributed by atoms with Gasteiger partial charge in [-0.05, 0) is 44.2 Å². The van der Waals surface area contributed by atoms with Crippen LogP contribution in [0.2, 0.25) is 0 Å². The zero-order valence-electron chi connectivity index (χ0n) is 14.8. The van der Waals surface area contributed by atoms with Crippen LogP contribution in [-0.4, -0.2) is 22.7 Å². The molecule has 3 aromatic rings. The number of rotatable bonds is 4. The maximum atomic E-state index is 12.9. The SMILES string of the molecule is CCOc1ccc(N2C(=O)C(C)SC2c2cccc3cccnc23)cc1. The lowest BCUT2D eigenvalue weighted by molar-refractivity contribution is -0.117. The van der Waals surface area contributed by atoms with E-state index in [1.807, 2.05) is 55.1 Å². The normalized spacial score (nSPS) is 19.9. The predicted molar refractivity (Wildman–Crippen MR) is 107 cm³/mol. The predicted octanol–water partition coefficient (Wildman–Crippen LogP) is 4.80. The quantitative estimate of drug-likeness (QED) is 0.667. The van der Waals surface area contributed by atoms with Crippen LogP contribution in [0.4, 0.5) is 5.69 Å². The first-order valence-electron chi connectivity index (χ1n) is 8.74. The zero-order valence-corrected chi connectivity index (χ0v) is 15.6. The van der Waals surface area contributed by atoms with Gasteiger partial charge in [-0.2, -0.15) is 0 Å². The Morgan fingerprint density at radius 2 is 1.88 bits per heavy atom. The van der Waals surface area contributed by atoms with E-state index < -0.39 is 0 Å². The number of hydrogen-bond acceptors (Lipinski definition) is 4. The fourth-order valence-corrected chi connectivity index (χ4v) is 4.60. The van der Waals surface area contributed by atoms with Crippen LogP contribution in [0.25, 0.3) is 10.9 Å². The molecule has 132 valence electrons. The third kappa shape index (κ3) is 2.92. The van der Waals surface area contributed by atoms with Crippen molar-refractivity contribution in [1.82, 2.24) is 4.98 Å². The fraction of sp³-hybridized carbons (Fsp3) is 0.238. The Labute approximate surface area is 157 Å². The Kier molecular flexibility index (Phi) is 4.55. The molecule has 0 spiro atoms. The zero-order chi connectivity index (χ0) is 18.1. The number of amides is 1. The molecule has 2 unspecified atom stereocenters. The minimum atomic E-state index is -0.0921. The summed E-state index contributed by atoms with van der Waals surface area (Å²) in [6.07, 6.45) is 1.80. The third-order valence-corrected chi connectivity index (χ3v) is 5.84. The van der Waals surface area contributed by atoms with E-state index >= 15 is 0 Å². The van der Waals surface area contributed by atoms with Gasteiger partial charge in [-0.3, -0.25) is 14.7 Å². The third-order valence-electron chi connectivity index (χ3n) is 4.51. The van der Waals surface area contributed by atoms with Crippen molar-refractivity contribution in [3.63, 3.8) is 0 Å². The summed E-state index contributed by atoms with van der Waals surface area (Å²) in [6, 6.07) is 17.9. The van der Waals surface area contributed by atoms with E-state index in [4.69, 9.17) is 4.74 Å². The second-order valence-corrected chi connectivity index (χ2v) is 7.61. The van der Waals surface area contributed by atoms with Crippen LogP contribution in [-0.2, 0) is 4.79 Å². The molecule has 1 aliphatic heterocycles. The molecule has 0 N–H and O–H groups in total. The Bertz CT molecular complexity index is 937. The molecular weight excluding hydrogens is 344 g/mol. The van der Waals surface area contributed by atoms with Gasteiger partial charge >= 0.3 is 0 Å². The average Bonchev–Trinajstić information content (AvgIpc) is 2.97. The van der Waals surface area contributed by atoms with Crippen molar-refractivity contribution in [2.24, 2.45) is 0 Å². The Hall–Kier alpha value is -2.53. The number of nitrogens with zero attached hydrogens (tertiary/aromatic N) is 2. The molecule has 2 heterocycles. The van der Waals surface area contributed by atoms with Crippen LogP contribution in [0.15, 0.2) is 60.8 Å². The monoisotopic (exact) mass is 364 g/mol. The van der Waals surface area contributed by atoms with Crippen molar-refractivity contribution in [2.45, 2.75) is 24.5 Å². The van der Waals surface area contributed by atoms with E-state index in [-0.39, 0.29) is 16.5 Å². The van der Waals surface area contributed by atoms with Gasteiger partial charge < -0.3 is 4.74 Å². The molecule has 0 aliphatic carbocycles. The molecule has 0 bridgehead atoms. The summed E-state index contributed by atoms with van der Waals surface area (Å²) < 4.78 is 5.52.